The van der Waals surface area contributed by atoms with Gasteiger partial charge in [-0.05, 0) is 6.07 Å². The average Bonchev–Trinajstić information content (AvgIpc) is 3.09. The van der Waals surface area contributed by atoms with Crippen molar-refractivity contribution in [2.24, 2.45) is 0 Å². The van der Waals surface area contributed by atoms with Crippen LogP contribution in [0.2, 0.25) is 0 Å². The molecular weight excluding hydrogens is 371 g/mol. The Labute approximate surface area is 149 Å². The maximum atomic E-state index is 10.5. The summed E-state index contributed by atoms with van der Waals surface area (Å²) >= 11 is 0. The molecule has 12 heteroatoms. The molecule has 0 aliphatic carbocycles. The quantitative estimate of drug-likeness (QED) is 0.622. The van der Waals surface area contributed by atoms with Crippen LogP contribution in [-0.2, 0) is 16.1 Å². The summed E-state index contributed by atoms with van der Waals surface area (Å²) in [5.41, 5.74) is 1.85. The first-order valence-corrected chi connectivity index (χ1v) is 7.32. The molecule has 0 saturated carbocycles. The molecule has 0 atom stereocenters. The molecule has 0 aliphatic heterocycles. The highest BCUT2D eigenvalue weighted by Gasteiger charge is 2.28. The Morgan fingerprint density at radius 2 is 1.81 bits per heavy atom. The second-order valence-corrected chi connectivity index (χ2v) is 5.06. The molecule has 0 saturated heterocycles. The van der Waals surface area contributed by atoms with Crippen molar-refractivity contribution in [3.8, 4) is 11.3 Å². The molecular formula is C15H12F3N5O4. The molecule has 0 aromatic carbocycles. The van der Waals surface area contributed by atoms with E-state index in [4.69, 9.17) is 15.0 Å². The fraction of sp³-hybridized carbons (Fsp3) is 0.200. The molecule has 3 aromatic rings. The number of aromatic nitrogens is 5. The molecule has 0 aliphatic rings. The zero-order chi connectivity index (χ0) is 20.0. The lowest BCUT2D eigenvalue weighted by atomic mass is 10.2. The van der Waals surface area contributed by atoms with E-state index < -0.39 is 18.1 Å². The smallest absolute Gasteiger partial charge is 0.430 e. The van der Waals surface area contributed by atoms with Crippen molar-refractivity contribution >= 4 is 17.7 Å². The molecule has 0 bridgehead atoms. The molecule has 142 valence electrons. The predicted octanol–water partition coefficient (Wildman–Crippen LogP) is -0.148. The number of pyridine rings is 1. The van der Waals surface area contributed by atoms with E-state index >= 15 is 0 Å². The summed E-state index contributed by atoms with van der Waals surface area (Å²) in [6.45, 7) is 0.449. The third-order valence-electron chi connectivity index (χ3n) is 3.18. The molecule has 1 N–H and O–H groups in total. The van der Waals surface area contributed by atoms with Gasteiger partial charge in [0.2, 0.25) is 0 Å². The zero-order valence-electron chi connectivity index (χ0n) is 13.5. The summed E-state index contributed by atoms with van der Waals surface area (Å²) in [4.78, 5) is 27.5. The van der Waals surface area contributed by atoms with Crippen LogP contribution in [-0.4, -0.2) is 42.8 Å². The Hall–Kier alpha value is -3.57. The topological polar surface area (TPSA) is 124 Å². The van der Waals surface area contributed by atoms with Crippen molar-refractivity contribution in [1.82, 2.24) is 19.6 Å². The SMILES string of the molecule is O=C(O)CC[n+]1ccc(-c2ccnc3ncnn23)cc1.O=C([O-])C(F)(F)F. The number of halogens is 3. The number of carbonyl (C=O) groups excluding carboxylic acids is 1. The largest absolute Gasteiger partial charge is 0.542 e. The average molecular weight is 383 g/mol. The van der Waals surface area contributed by atoms with Gasteiger partial charge in [0.05, 0.1) is 5.69 Å². The lowest BCUT2D eigenvalue weighted by Gasteiger charge is -2.03. The minimum atomic E-state index is -5.19. The van der Waals surface area contributed by atoms with Crippen molar-refractivity contribution in [2.45, 2.75) is 19.1 Å². The second kappa shape index (κ2) is 8.21. The molecule has 3 aromatic heterocycles. The van der Waals surface area contributed by atoms with Gasteiger partial charge in [0.1, 0.15) is 18.7 Å². The fourth-order valence-electron chi connectivity index (χ4n) is 1.96. The van der Waals surface area contributed by atoms with Crippen LogP contribution in [0.4, 0.5) is 13.2 Å². The highest BCUT2D eigenvalue weighted by atomic mass is 19.4. The summed E-state index contributed by atoms with van der Waals surface area (Å²) in [5.74, 6) is -3.27. The third kappa shape index (κ3) is 5.45. The number of hydrogen-bond acceptors (Lipinski definition) is 6. The van der Waals surface area contributed by atoms with Gasteiger partial charge in [-0.15, -0.1) is 0 Å². The third-order valence-corrected chi connectivity index (χ3v) is 3.18. The van der Waals surface area contributed by atoms with Crippen LogP contribution < -0.4 is 9.67 Å². The Balaban J connectivity index is 0.000000321. The lowest BCUT2D eigenvalue weighted by Crippen LogP contribution is -2.37. The maximum absolute atomic E-state index is 10.5. The van der Waals surface area contributed by atoms with Gasteiger partial charge in [-0.25, -0.2) is 9.55 Å². The van der Waals surface area contributed by atoms with Crippen LogP contribution in [0.3, 0.4) is 0 Å². The zero-order valence-corrected chi connectivity index (χ0v) is 13.5. The van der Waals surface area contributed by atoms with Crippen LogP contribution in [0, 0.1) is 0 Å². The van der Waals surface area contributed by atoms with E-state index in [1.165, 1.54) is 6.33 Å². The van der Waals surface area contributed by atoms with Crippen molar-refractivity contribution in [1.29, 1.82) is 0 Å². The van der Waals surface area contributed by atoms with E-state index in [1.54, 1.807) is 10.7 Å². The molecule has 0 radical (unpaired) electrons. The molecule has 3 heterocycles. The number of rotatable bonds is 4. The molecule has 3 rings (SSSR count). The minimum absolute atomic E-state index is 0.104. The summed E-state index contributed by atoms with van der Waals surface area (Å²) < 4.78 is 35.0. The monoisotopic (exact) mass is 383 g/mol. The lowest BCUT2D eigenvalue weighted by molar-refractivity contribution is -0.695. The molecule has 27 heavy (non-hydrogen) atoms. The first kappa shape index (κ1) is 19.8. The number of alkyl halides is 3. The first-order chi connectivity index (χ1) is 12.7. The normalized spacial score (nSPS) is 10.9. The number of aliphatic carboxylic acids is 2. The molecule has 0 unspecified atom stereocenters. The van der Waals surface area contributed by atoms with E-state index in [-0.39, 0.29) is 6.42 Å². The minimum Gasteiger partial charge on any atom is -0.542 e. The predicted molar refractivity (Wildman–Crippen MR) is 79.7 cm³/mol. The van der Waals surface area contributed by atoms with Gasteiger partial charge in [-0.2, -0.15) is 27.8 Å². The summed E-state index contributed by atoms with van der Waals surface area (Å²) in [6, 6.07) is 5.69. The second-order valence-electron chi connectivity index (χ2n) is 5.06. The van der Waals surface area contributed by atoms with Crippen molar-refractivity contribution in [3.05, 3.63) is 43.1 Å². The van der Waals surface area contributed by atoms with Gasteiger partial charge >= 0.3 is 12.1 Å². The van der Waals surface area contributed by atoms with Crippen LogP contribution in [0.5, 0.6) is 0 Å². The Bertz CT molecular complexity index is 941. The number of carboxylic acid groups (broad SMARTS) is 2. The Morgan fingerprint density at radius 3 is 2.37 bits per heavy atom. The van der Waals surface area contributed by atoms with Gasteiger partial charge in [0, 0.05) is 23.9 Å². The highest BCUT2D eigenvalue weighted by Crippen LogP contribution is 2.16. The van der Waals surface area contributed by atoms with Crippen molar-refractivity contribution < 1.29 is 37.5 Å². The van der Waals surface area contributed by atoms with E-state index in [9.17, 15) is 18.0 Å². The van der Waals surface area contributed by atoms with E-state index in [1.807, 2.05) is 35.2 Å². The number of aryl methyl sites for hydroxylation is 1. The number of hydrogen-bond donors (Lipinski definition) is 1. The van der Waals surface area contributed by atoms with Crippen LogP contribution in [0.15, 0.2) is 43.1 Å². The van der Waals surface area contributed by atoms with Gasteiger partial charge in [-0.3, -0.25) is 4.79 Å². The maximum Gasteiger partial charge on any atom is 0.430 e. The Morgan fingerprint density at radius 1 is 1.19 bits per heavy atom. The van der Waals surface area contributed by atoms with Crippen LogP contribution >= 0.6 is 0 Å². The summed E-state index contributed by atoms with van der Waals surface area (Å²) in [7, 11) is 0. The van der Waals surface area contributed by atoms with Crippen LogP contribution in [0.1, 0.15) is 6.42 Å². The standard InChI is InChI=1S/C13H11N5O2.C2HF3O2/c19-12(20)4-8-17-6-2-10(3-7-17)11-1-5-14-13-15-9-16-18(11)13;3-2(4,5)1(6)7/h1-3,5-7,9H,4,8H2;(H,6,7). The highest BCUT2D eigenvalue weighted by molar-refractivity contribution is 5.70. The molecule has 0 amide bonds. The molecule has 0 fully saturated rings. The van der Waals surface area contributed by atoms with Crippen molar-refractivity contribution in [3.63, 3.8) is 0 Å². The van der Waals surface area contributed by atoms with Crippen LogP contribution in [0.25, 0.3) is 17.0 Å². The van der Waals surface area contributed by atoms with Gasteiger partial charge in [-0.1, -0.05) is 0 Å². The number of carbonyl (C=O) groups is 2. The summed E-state index contributed by atoms with van der Waals surface area (Å²) in [5, 5.41) is 21.6. The Kier molecular flexibility index (Phi) is 6.00. The van der Waals surface area contributed by atoms with Gasteiger partial charge < -0.3 is 15.0 Å². The summed E-state index contributed by atoms with van der Waals surface area (Å²) in [6.07, 6.45) is 1.75. The number of nitrogens with zero attached hydrogens (tertiary/aromatic N) is 5. The first-order valence-electron chi connectivity index (χ1n) is 7.32. The van der Waals surface area contributed by atoms with E-state index in [0.717, 1.165) is 11.3 Å². The van der Waals surface area contributed by atoms with Gasteiger partial charge in [0.25, 0.3) is 5.78 Å². The number of fused-ring (bicyclic) bond motifs is 1. The molecule has 0 spiro atoms. The van der Waals surface area contributed by atoms with E-state index in [2.05, 4.69) is 15.1 Å². The fourth-order valence-corrected chi connectivity index (χ4v) is 1.96. The number of carboxylic acids is 2. The van der Waals surface area contributed by atoms with E-state index in [0.29, 0.717) is 12.3 Å². The van der Waals surface area contributed by atoms with Crippen molar-refractivity contribution in [2.75, 3.05) is 0 Å². The molecule has 9 nitrogen and oxygen atoms in total. The van der Waals surface area contributed by atoms with Gasteiger partial charge in [0.15, 0.2) is 18.9 Å².